The van der Waals surface area contributed by atoms with Crippen LogP contribution in [0.4, 0.5) is 34.1 Å². The zero-order valence-electron chi connectivity index (χ0n) is 60.3. The Morgan fingerprint density at radius 3 is 1.34 bits per heavy atom. The van der Waals surface area contributed by atoms with Crippen LogP contribution in [0.5, 0.6) is 0 Å². The van der Waals surface area contributed by atoms with E-state index in [0.717, 1.165) is 72.5 Å². The summed E-state index contributed by atoms with van der Waals surface area (Å²) in [6.45, 7) is 12.4. The smallest absolute Gasteiger partial charge is 0.252 e. The lowest BCUT2D eigenvalue weighted by atomic mass is 9.33. The van der Waals surface area contributed by atoms with Gasteiger partial charge >= 0.3 is 0 Å². The van der Waals surface area contributed by atoms with Crippen molar-refractivity contribution < 1.29 is 21.9 Å². The zero-order chi connectivity index (χ0) is 67.2. The van der Waals surface area contributed by atoms with Crippen molar-refractivity contribution in [2.24, 2.45) is 0 Å². The highest BCUT2D eigenvalue weighted by Crippen LogP contribution is 2.50. The molecule has 0 spiro atoms. The minimum Gasteiger partial charge on any atom is -0.311 e. The third-order valence-electron chi connectivity index (χ3n) is 15.9. The first-order chi connectivity index (χ1) is 45.1. The van der Waals surface area contributed by atoms with Crippen LogP contribution in [0.3, 0.4) is 0 Å². The molecule has 2 aromatic heterocycles. The van der Waals surface area contributed by atoms with E-state index in [1.54, 1.807) is 4.57 Å². The van der Waals surface area contributed by atoms with Gasteiger partial charge in [-0.1, -0.05) is 211 Å². The van der Waals surface area contributed by atoms with Crippen molar-refractivity contribution in [3.05, 3.63) is 259 Å². The summed E-state index contributed by atoms with van der Waals surface area (Å²) in [5.74, 6) is 0. The maximum atomic E-state index is 9.55. The van der Waals surface area contributed by atoms with Crippen LogP contribution >= 0.6 is 0 Å². The van der Waals surface area contributed by atoms with E-state index >= 15 is 0 Å². The predicted molar refractivity (Wildman–Crippen MR) is 337 cm³/mol. The van der Waals surface area contributed by atoms with E-state index in [9.17, 15) is 11.0 Å². The molecule has 0 saturated carbocycles. The highest BCUT2D eigenvalue weighted by Gasteiger charge is 2.45. The first-order valence-electron chi connectivity index (χ1n) is 34.6. The fourth-order valence-corrected chi connectivity index (χ4v) is 12.1. The minimum atomic E-state index is -0.634. The van der Waals surface area contributed by atoms with Gasteiger partial charge in [-0.05, 0) is 134 Å². The number of para-hydroxylation sites is 5. The average Bonchev–Trinajstić information content (AvgIpc) is 1.64. The van der Waals surface area contributed by atoms with Crippen molar-refractivity contribution in [3.8, 4) is 33.6 Å². The van der Waals surface area contributed by atoms with Gasteiger partial charge in [-0.2, -0.15) is 0 Å². The maximum absolute atomic E-state index is 9.55. The van der Waals surface area contributed by atoms with Crippen LogP contribution in [0.2, 0.25) is 0 Å². The molecular formula is C74H59BN4. The van der Waals surface area contributed by atoms with E-state index in [1.165, 1.54) is 4.57 Å². The second kappa shape index (κ2) is 17.6. The van der Waals surface area contributed by atoms with Crippen LogP contribution in [0.1, 0.15) is 74.6 Å². The van der Waals surface area contributed by atoms with Crippen molar-refractivity contribution in [3.63, 3.8) is 0 Å². The topological polar surface area (TPSA) is 16.3 Å². The van der Waals surface area contributed by atoms with Crippen LogP contribution < -0.4 is 26.2 Å². The molecule has 13 aromatic rings. The van der Waals surface area contributed by atoms with Crippen molar-refractivity contribution in [1.82, 2.24) is 9.13 Å². The lowest BCUT2D eigenvalue weighted by Crippen LogP contribution is -2.61. The SMILES string of the molecule is [2H]c1c([2H])c([2H])c2c(c1[2H])c1c([2H])c([2H])c([2H])c([2H])c1n2-c1ccc2c(c1)N(c1cccc(-c3cccc(C(C)(C)C)c3)c1)c1cc(C(C)(C)C)cc3c1B2c1ccc(-n2c4c([2H])c([2H])c([2H])c([2H])c4c4c([2H])c([2H])c([2H])c([2H])c42)cc1N3c1ccccc1-c1ccccc1. The van der Waals surface area contributed by atoms with Crippen molar-refractivity contribution in [2.75, 3.05) is 9.80 Å². The van der Waals surface area contributed by atoms with Gasteiger partial charge in [0.2, 0.25) is 0 Å². The zero-order valence-corrected chi connectivity index (χ0v) is 44.3. The fraction of sp³-hybridized carbons (Fsp3) is 0.108. The summed E-state index contributed by atoms with van der Waals surface area (Å²) >= 11 is 0. The van der Waals surface area contributed by atoms with Gasteiger partial charge in [0.1, 0.15) is 0 Å². The first-order valence-corrected chi connectivity index (χ1v) is 26.6. The first kappa shape index (κ1) is 33.1. The Balaban J connectivity index is 1.10. The van der Waals surface area contributed by atoms with Crippen molar-refractivity contribution in [1.29, 1.82) is 0 Å². The summed E-state index contributed by atoms with van der Waals surface area (Å²) in [6.07, 6.45) is 0. The number of aromatic nitrogens is 2. The van der Waals surface area contributed by atoms with Gasteiger partial charge in [0.25, 0.3) is 6.71 Å². The molecule has 0 radical (unpaired) electrons. The molecule has 0 N–H and O–H groups in total. The van der Waals surface area contributed by atoms with E-state index < -0.39 is 109 Å². The highest BCUT2D eigenvalue weighted by molar-refractivity contribution is 7.00. The number of anilines is 6. The molecule has 0 saturated heterocycles. The lowest BCUT2D eigenvalue weighted by Gasteiger charge is -2.45. The molecule has 0 atom stereocenters. The third-order valence-corrected chi connectivity index (χ3v) is 15.9. The van der Waals surface area contributed by atoms with E-state index in [2.05, 4.69) is 130 Å². The summed E-state index contributed by atoms with van der Waals surface area (Å²) < 4.78 is 150. The monoisotopic (exact) mass is 1030 g/mol. The van der Waals surface area contributed by atoms with E-state index in [-0.39, 0.29) is 49.0 Å². The molecule has 378 valence electrons. The molecule has 5 heteroatoms. The minimum absolute atomic E-state index is 0.0261. The molecule has 0 amide bonds. The number of nitrogens with zero attached hydrogens (tertiary/aromatic N) is 4. The average molecular weight is 1030 g/mol. The molecular weight excluding hydrogens is 956 g/mol. The highest BCUT2D eigenvalue weighted by atomic mass is 15.2. The summed E-state index contributed by atoms with van der Waals surface area (Å²) in [5.41, 5.74) is 12.6. The molecule has 11 aromatic carbocycles. The standard InChI is InChI=1S/C74H59BN4/c1-73(2,3)51-26-20-24-49(42-51)50-25-21-27-53(43-50)78-68-46-54(76-64-34-16-11-29-57(64)58-30-12-17-35-65(58)76)38-40-61(68)75-62-41-39-55(77-66-36-18-13-31-59(66)60-32-14-19-37-67(60)77)47-69(62)79(71-45-52(74(4,5)6)44-70(78)72(71)75)63-33-15-10-28-56(63)48-22-8-7-9-23-48/h7-47H,1-6H3/i11D,12D,13D,14D,16D,17D,18D,19D,29D,30D,31D,32D,34D,35D,36D,37D. The van der Waals surface area contributed by atoms with Crippen LogP contribution in [-0.2, 0) is 10.8 Å². The second-order valence-corrected chi connectivity index (χ2v) is 22.6. The van der Waals surface area contributed by atoms with Gasteiger partial charge in [0.15, 0.2) is 0 Å². The molecule has 15 rings (SSSR count). The Hall–Kier alpha value is -9.32. The van der Waals surface area contributed by atoms with Crippen LogP contribution in [0, 0.1) is 0 Å². The molecule has 0 bridgehead atoms. The lowest BCUT2D eigenvalue weighted by molar-refractivity contribution is 0.590. The predicted octanol–water partition coefficient (Wildman–Crippen LogP) is 17.9. The number of hydrogen-bond acceptors (Lipinski definition) is 2. The van der Waals surface area contributed by atoms with Crippen molar-refractivity contribution in [2.45, 2.75) is 52.4 Å². The Labute approximate surface area is 485 Å². The maximum Gasteiger partial charge on any atom is 0.252 e. The summed E-state index contributed by atoms with van der Waals surface area (Å²) in [7, 11) is 0. The number of benzene rings is 11. The normalized spacial score (nSPS) is 15.9. The van der Waals surface area contributed by atoms with Crippen LogP contribution in [-0.4, -0.2) is 15.8 Å². The summed E-state index contributed by atoms with van der Waals surface area (Å²) in [6, 6.07) is 43.0. The Bertz CT molecular complexity index is 5420. The number of fused-ring (bicyclic) bond motifs is 10. The molecule has 0 fully saturated rings. The van der Waals surface area contributed by atoms with Gasteiger partial charge in [-0.3, -0.25) is 0 Å². The van der Waals surface area contributed by atoms with E-state index in [0.29, 0.717) is 22.7 Å². The van der Waals surface area contributed by atoms with E-state index in [1.807, 2.05) is 72.8 Å². The Morgan fingerprint density at radius 1 is 0.342 bits per heavy atom. The molecule has 0 aliphatic carbocycles. The molecule has 79 heavy (non-hydrogen) atoms. The van der Waals surface area contributed by atoms with Crippen LogP contribution in [0.15, 0.2) is 248 Å². The summed E-state index contributed by atoms with van der Waals surface area (Å²) in [5, 5.41) is -0.205. The van der Waals surface area contributed by atoms with Crippen molar-refractivity contribution >= 4 is 101 Å². The van der Waals surface area contributed by atoms with E-state index in [4.69, 9.17) is 11.0 Å². The largest absolute Gasteiger partial charge is 0.311 e. The third kappa shape index (κ3) is 7.36. The van der Waals surface area contributed by atoms with Gasteiger partial charge < -0.3 is 18.9 Å². The number of rotatable bonds is 6. The Kier molecular flexibility index (Phi) is 7.37. The van der Waals surface area contributed by atoms with Gasteiger partial charge in [-0.15, -0.1) is 0 Å². The molecule has 0 unspecified atom stereocenters. The molecule has 2 aliphatic rings. The second-order valence-electron chi connectivity index (χ2n) is 22.6. The molecule has 4 nitrogen and oxygen atoms in total. The number of hydrogen-bond donors (Lipinski definition) is 0. The van der Waals surface area contributed by atoms with Crippen LogP contribution in [0.25, 0.3) is 77.2 Å². The molecule has 2 aliphatic heterocycles. The van der Waals surface area contributed by atoms with Gasteiger partial charge in [-0.25, -0.2) is 0 Å². The summed E-state index contributed by atoms with van der Waals surface area (Å²) in [4.78, 5) is 4.45. The quantitative estimate of drug-likeness (QED) is 0.154. The fourth-order valence-electron chi connectivity index (χ4n) is 12.1. The molecule has 4 heterocycles. The van der Waals surface area contributed by atoms with Gasteiger partial charge in [0, 0.05) is 66.9 Å². The Morgan fingerprint density at radius 2 is 0.797 bits per heavy atom. The van der Waals surface area contributed by atoms with Gasteiger partial charge in [0.05, 0.1) is 49.7 Å².